The van der Waals surface area contributed by atoms with Gasteiger partial charge in [-0.3, -0.25) is 13.8 Å². The summed E-state index contributed by atoms with van der Waals surface area (Å²) in [6.07, 6.45) is -14.1. The summed E-state index contributed by atoms with van der Waals surface area (Å²) in [5.74, 6) is -2.32. The molecule has 2 heterocycles. The minimum Gasteiger partial charge on any atom is -0.457 e. The zero-order valence-electron chi connectivity index (χ0n) is 43.2. The number of carbonyl (C=O) groups excluding carboxylic acids is 6. The van der Waals surface area contributed by atoms with E-state index in [2.05, 4.69) is 21.3 Å². The molecule has 0 bridgehead atoms. The Kier molecular flexibility index (Phi) is 20.4. The van der Waals surface area contributed by atoms with Crippen molar-refractivity contribution in [2.75, 3.05) is 12.8 Å². The predicted molar refractivity (Wildman–Crippen MR) is 245 cm³/mol. The Labute approximate surface area is 406 Å². The van der Waals surface area contributed by atoms with Gasteiger partial charge in [-0.2, -0.15) is 8.42 Å². The highest BCUT2D eigenvalue weighted by atomic mass is 32.2. The fraction of sp³-hybridized carbons (Fsp3) is 0.867. The molecule has 3 fully saturated rings. The molecule has 23 nitrogen and oxygen atoms in total. The number of carbonyl (C=O) groups is 6. The minimum atomic E-state index is -4.44. The molecule has 0 spiro atoms. The molecule has 1 saturated carbocycles. The third kappa shape index (κ3) is 20.6. The molecule has 4 N–H and O–H groups in total. The summed E-state index contributed by atoms with van der Waals surface area (Å²) < 4.78 is 92.4. The van der Waals surface area contributed by atoms with Crippen LogP contribution in [0.2, 0.25) is 0 Å². The molecular formula is C45H78N4O19S. The van der Waals surface area contributed by atoms with Crippen molar-refractivity contribution in [2.24, 2.45) is 5.92 Å². The molecule has 3 rings (SSSR count). The van der Waals surface area contributed by atoms with E-state index in [0.29, 0.717) is 0 Å². The van der Waals surface area contributed by atoms with Crippen molar-refractivity contribution in [2.45, 2.75) is 232 Å². The Hall–Kier alpha value is -4.23. The average Bonchev–Trinajstić information content (AvgIpc) is 3.12. The van der Waals surface area contributed by atoms with Crippen LogP contribution >= 0.6 is 0 Å². The molecule has 6 unspecified atom stereocenters. The smallest absolute Gasteiger partial charge is 0.408 e. The molecule has 13 atom stereocenters. The van der Waals surface area contributed by atoms with Gasteiger partial charge in [-0.05, 0) is 115 Å². The minimum absolute atomic E-state index is 0.00345. The van der Waals surface area contributed by atoms with Crippen LogP contribution in [-0.4, -0.2) is 153 Å². The van der Waals surface area contributed by atoms with Crippen LogP contribution in [0.3, 0.4) is 0 Å². The Morgan fingerprint density at radius 3 is 1.52 bits per heavy atom. The Balaban J connectivity index is 2.21. The van der Waals surface area contributed by atoms with E-state index in [-0.39, 0.29) is 32.2 Å². The van der Waals surface area contributed by atoms with Crippen molar-refractivity contribution in [3.8, 4) is 0 Å². The van der Waals surface area contributed by atoms with Gasteiger partial charge >= 0.3 is 36.3 Å². The lowest BCUT2D eigenvalue weighted by atomic mass is 9.80. The van der Waals surface area contributed by atoms with Crippen molar-refractivity contribution < 1.29 is 88.7 Å². The van der Waals surface area contributed by atoms with Crippen molar-refractivity contribution in [3.63, 3.8) is 0 Å². The molecule has 398 valence electrons. The number of esters is 2. The summed E-state index contributed by atoms with van der Waals surface area (Å²) in [6.45, 7) is 25.6. The fourth-order valence-electron chi connectivity index (χ4n) is 7.88. The third-order valence-corrected chi connectivity index (χ3v) is 10.7. The molecule has 3 aliphatic rings. The standard InChI is InChI=1S/C45H78N4O19S/c1-18-29-33(58-24(3)50)30(49-41(55)67-45(14,15)16)34(59-25(4)51)37(61-29)62-31-23(2)21-28(48-40(54)66-44(11,12)13)32(35(31)68-69(17,56)57)63-36-27(47-39(53)65-43(8,9)10)20-19-26(60-36)22-46-38(52)64-42(5,6)7/h23,26-37H,18-22H2,1-17H3,(H,46,52)(H,47,53)(H,48,54)(H,49,55)/t23-,26?,27?,28+,29?,30+,31-,32?,33+,34?,35?,36+,37+/m1/s1. The first-order valence-corrected chi connectivity index (χ1v) is 25.0. The van der Waals surface area contributed by atoms with E-state index in [4.69, 9.17) is 51.6 Å². The highest BCUT2D eigenvalue weighted by Gasteiger charge is 2.56. The maximum Gasteiger partial charge on any atom is 0.408 e. The van der Waals surface area contributed by atoms with Gasteiger partial charge in [0.25, 0.3) is 10.1 Å². The average molecular weight is 1010 g/mol. The van der Waals surface area contributed by atoms with E-state index in [1.807, 2.05) is 0 Å². The summed E-state index contributed by atoms with van der Waals surface area (Å²) in [6, 6.07) is -3.42. The summed E-state index contributed by atoms with van der Waals surface area (Å²) in [5, 5.41) is 10.9. The number of rotatable bonds is 14. The normalized spacial score (nSPS) is 30.1. The van der Waals surface area contributed by atoms with Gasteiger partial charge in [-0.15, -0.1) is 0 Å². The molecular weight excluding hydrogens is 933 g/mol. The van der Waals surface area contributed by atoms with Crippen LogP contribution in [0.4, 0.5) is 19.2 Å². The molecule has 4 amide bonds. The van der Waals surface area contributed by atoms with Crippen molar-refractivity contribution >= 4 is 46.4 Å². The van der Waals surface area contributed by atoms with E-state index >= 15 is 0 Å². The second-order valence-corrected chi connectivity index (χ2v) is 23.1. The van der Waals surface area contributed by atoms with Gasteiger partial charge in [-0.25, -0.2) is 19.2 Å². The molecule has 24 heteroatoms. The monoisotopic (exact) mass is 1010 g/mol. The number of nitrogens with one attached hydrogen (secondary N) is 4. The molecule has 0 aromatic carbocycles. The molecule has 1 aliphatic carbocycles. The zero-order valence-corrected chi connectivity index (χ0v) is 44.0. The van der Waals surface area contributed by atoms with E-state index in [1.54, 1.807) is 96.9 Å². The largest absolute Gasteiger partial charge is 0.457 e. The van der Waals surface area contributed by atoms with Crippen LogP contribution in [0.5, 0.6) is 0 Å². The lowest BCUT2D eigenvalue weighted by Crippen LogP contribution is -2.68. The Bertz CT molecular complexity index is 1890. The first-order chi connectivity index (χ1) is 31.4. The summed E-state index contributed by atoms with van der Waals surface area (Å²) in [5.41, 5.74) is -3.65. The van der Waals surface area contributed by atoms with Gasteiger partial charge in [0.15, 0.2) is 24.8 Å². The first kappa shape index (κ1) is 59.1. The second kappa shape index (κ2) is 23.8. The summed E-state index contributed by atoms with van der Waals surface area (Å²) in [4.78, 5) is 78.2. The van der Waals surface area contributed by atoms with Crippen LogP contribution in [0.25, 0.3) is 0 Å². The fourth-order valence-corrected chi connectivity index (χ4v) is 8.50. The molecule has 0 aromatic rings. The Morgan fingerprint density at radius 1 is 0.580 bits per heavy atom. The van der Waals surface area contributed by atoms with Crippen LogP contribution < -0.4 is 21.3 Å². The van der Waals surface area contributed by atoms with Crippen molar-refractivity contribution in [1.29, 1.82) is 0 Å². The molecule has 69 heavy (non-hydrogen) atoms. The van der Waals surface area contributed by atoms with Crippen LogP contribution in [-0.2, 0) is 71.3 Å². The highest BCUT2D eigenvalue weighted by Crippen LogP contribution is 2.38. The second-order valence-electron chi connectivity index (χ2n) is 21.5. The van der Waals surface area contributed by atoms with Gasteiger partial charge in [0.1, 0.15) is 40.7 Å². The topological polar surface area (TPSA) is 286 Å². The Morgan fingerprint density at radius 2 is 1.04 bits per heavy atom. The summed E-state index contributed by atoms with van der Waals surface area (Å²) in [7, 11) is -4.44. The maximum atomic E-state index is 13.6. The molecule has 0 radical (unpaired) electrons. The first-order valence-electron chi connectivity index (χ1n) is 23.2. The lowest BCUT2D eigenvalue weighted by Gasteiger charge is -2.50. The van der Waals surface area contributed by atoms with E-state index in [9.17, 15) is 37.2 Å². The quantitative estimate of drug-likeness (QED) is 0.103. The van der Waals surface area contributed by atoms with Gasteiger partial charge in [0, 0.05) is 20.4 Å². The van der Waals surface area contributed by atoms with Gasteiger partial charge in [0.2, 0.25) is 0 Å². The number of amides is 4. The number of hydrogen-bond acceptors (Lipinski definition) is 19. The molecule has 2 saturated heterocycles. The van der Waals surface area contributed by atoms with E-state index in [0.717, 1.165) is 20.1 Å². The van der Waals surface area contributed by atoms with Gasteiger partial charge < -0.3 is 68.6 Å². The number of ether oxygens (including phenoxy) is 10. The lowest BCUT2D eigenvalue weighted by molar-refractivity contribution is -0.316. The van der Waals surface area contributed by atoms with Crippen molar-refractivity contribution in [1.82, 2.24) is 21.3 Å². The van der Waals surface area contributed by atoms with Gasteiger partial charge in [-0.1, -0.05) is 13.8 Å². The van der Waals surface area contributed by atoms with Gasteiger partial charge in [0.05, 0.1) is 36.7 Å². The predicted octanol–water partition coefficient (Wildman–Crippen LogP) is 4.85. The van der Waals surface area contributed by atoms with Crippen LogP contribution in [0.1, 0.15) is 136 Å². The van der Waals surface area contributed by atoms with Crippen molar-refractivity contribution in [3.05, 3.63) is 0 Å². The third-order valence-electron chi connectivity index (χ3n) is 10.2. The van der Waals surface area contributed by atoms with E-state index in [1.165, 1.54) is 0 Å². The molecule has 0 aromatic heterocycles. The number of hydrogen-bond donors (Lipinski definition) is 4. The van der Waals surface area contributed by atoms with E-state index < -0.39 is 148 Å². The van der Waals surface area contributed by atoms with Crippen LogP contribution in [0.15, 0.2) is 0 Å². The molecule has 2 aliphatic heterocycles. The zero-order chi connectivity index (χ0) is 52.6. The highest BCUT2D eigenvalue weighted by molar-refractivity contribution is 7.86. The number of alkyl carbamates (subject to hydrolysis) is 4. The summed E-state index contributed by atoms with van der Waals surface area (Å²) >= 11 is 0. The van der Waals surface area contributed by atoms with Crippen LogP contribution in [0, 0.1) is 5.92 Å². The maximum absolute atomic E-state index is 13.6. The SMILES string of the molecule is CCC1O[C@@H](O[C@H]2C(OS(C)(=O)=O)C(O[C@@H]3OC(CNC(=O)OC(C)(C)C)CCC3NC(=O)OC(C)(C)C)[C@@H](NC(=O)OC(C)(C)C)C[C@H]2C)C(OC(C)=O)[C@@H](NC(=O)OC(C)(C)C)[C@H]1OC(C)=O.